The maximum absolute atomic E-state index is 14.3. The zero-order chi connectivity index (χ0) is 16.0. The molecule has 0 bridgehead atoms. The average Bonchev–Trinajstić information content (AvgIpc) is 2.54. The number of nitrogens with zero attached hydrogens (tertiary/aromatic N) is 1. The summed E-state index contributed by atoms with van der Waals surface area (Å²) < 4.78 is 14.3. The highest BCUT2D eigenvalue weighted by molar-refractivity contribution is 6.13. The molecule has 4 aromatic rings. The van der Waals surface area contributed by atoms with E-state index in [-0.39, 0.29) is 5.82 Å². The lowest BCUT2D eigenvalue weighted by Gasteiger charge is -2.11. The predicted molar refractivity (Wildman–Crippen MR) is 94.1 cm³/mol. The first-order chi connectivity index (χ1) is 11.1. The van der Waals surface area contributed by atoms with Gasteiger partial charge in [0.15, 0.2) is 0 Å². The van der Waals surface area contributed by atoms with Gasteiger partial charge < -0.3 is 0 Å². The summed E-state index contributed by atoms with van der Waals surface area (Å²) >= 11 is 0. The van der Waals surface area contributed by atoms with Crippen molar-refractivity contribution >= 4 is 21.5 Å². The smallest absolute Gasteiger partial charge is 0.149 e. The number of hydrogen-bond donors (Lipinski definition) is 0. The van der Waals surface area contributed by atoms with Gasteiger partial charge >= 0.3 is 0 Å². The Morgan fingerprint density at radius 1 is 0.826 bits per heavy atom. The third-order valence-corrected chi connectivity index (χ3v) is 4.23. The Bertz CT molecular complexity index is 1030. The quantitative estimate of drug-likeness (QED) is 0.404. The molecule has 0 spiro atoms. The minimum absolute atomic E-state index is 0.279. The van der Waals surface area contributed by atoms with E-state index in [0.29, 0.717) is 5.39 Å². The first kappa shape index (κ1) is 13.9. The zero-order valence-electron chi connectivity index (χ0n) is 13.1. The fourth-order valence-corrected chi connectivity index (χ4v) is 3.31. The number of rotatable bonds is 1. The molecule has 1 heterocycles. The Morgan fingerprint density at radius 2 is 1.57 bits per heavy atom. The van der Waals surface area contributed by atoms with Crippen LogP contribution in [0.15, 0.2) is 60.8 Å². The van der Waals surface area contributed by atoms with Crippen LogP contribution in [0.25, 0.3) is 32.8 Å². The summed E-state index contributed by atoms with van der Waals surface area (Å²) in [5, 5.41) is 3.63. The molecule has 0 N–H and O–H groups in total. The molecule has 0 saturated heterocycles. The fraction of sp³-hybridized carbons (Fsp3) is 0.0952. The Kier molecular flexibility index (Phi) is 3.12. The molecule has 0 aliphatic carbocycles. The molecule has 0 amide bonds. The molecular formula is C21H16FN. The highest BCUT2D eigenvalue weighted by atomic mass is 19.1. The summed E-state index contributed by atoms with van der Waals surface area (Å²) in [5.41, 5.74) is 4.23. The van der Waals surface area contributed by atoms with Crippen molar-refractivity contribution in [2.24, 2.45) is 0 Å². The van der Waals surface area contributed by atoms with E-state index in [4.69, 9.17) is 0 Å². The van der Waals surface area contributed by atoms with Crippen LogP contribution in [0.4, 0.5) is 4.39 Å². The number of benzene rings is 3. The zero-order valence-corrected chi connectivity index (χ0v) is 13.1. The summed E-state index contributed by atoms with van der Waals surface area (Å²) in [5.74, 6) is -0.279. The van der Waals surface area contributed by atoms with Crippen LogP contribution < -0.4 is 0 Å². The lowest BCUT2D eigenvalue weighted by atomic mass is 9.96. The summed E-state index contributed by atoms with van der Waals surface area (Å²) in [7, 11) is 0. The van der Waals surface area contributed by atoms with Gasteiger partial charge in [-0.05, 0) is 36.8 Å². The molecule has 0 unspecified atom stereocenters. The fourth-order valence-electron chi connectivity index (χ4n) is 3.31. The monoisotopic (exact) mass is 301 g/mol. The lowest BCUT2D eigenvalue weighted by molar-refractivity contribution is 0.634. The average molecular weight is 301 g/mol. The van der Waals surface area contributed by atoms with Crippen LogP contribution in [0.1, 0.15) is 11.1 Å². The van der Waals surface area contributed by atoms with E-state index >= 15 is 0 Å². The second kappa shape index (κ2) is 5.17. The van der Waals surface area contributed by atoms with Crippen LogP contribution in [-0.4, -0.2) is 4.98 Å². The summed E-state index contributed by atoms with van der Waals surface area (Å²) in [6.45, 7) is 4.14. The second-order valence-electron chi connectivity index (χ2n) is 6.04. The Balaban J connectivity index is 2.18. The summed E-state index contributed by atoms with van der Waals surface area (Å²) in [6, 6.07) is 18.2. The van der Waals surface area contributed by atoms with Crippen LogP contribution in [0.2, 0.25) is 0 Å². The first-order valence-corrected chi connectivity index (χ1v) is 7.68. The van der Waals surface area contributed by atoms with E-state index in [1.165, 1.54) is 17.3 Å². The molecule has 0 aliphatic rings. The highest BCUT2D eigenvalue weighted by Crippen LogP contribution is 2.34. The maximum atomic E-state index is 14.3. The van der Waals surface area contributed by atoms with Gasteiger partial charge in [-0.25, -0.2) is 4.39 Å². The molecule has 0 fully saturated rings. The lowest BCUT2D eigenvalue weighted by Crippen LogP contribution is -1.92. The number of hydrogen-bond acceptors (Lipinski definition) is 1. The van der Waals surface area contributed by atoms with Gasteiger partial charge in [0, 0.05) is 16.3 Å². The molecule has 0 saturated carbocycles. The van der Waals surface area contributed by atoms with Gasteiger partial charge in [0.25, 0.3) is 0 Å². The summed E-state index contributed by atoms with van der Waals surface area (Å²) in [4.78, 5) is 4.43. The van der Waals surface area contributed by atoms with E-state index in [0.717, 1.165) is 27.4 Å². The molecular weight excluding hydrogens is 285 g/mol. The predicted octanol–water partition coefficient (Wildman–Crippen LogP) is 5.81. The van der Waals surface area contributed by atoms with Gasteiger partial charge in [0.2, 0.25) is 0 Å². The van der Waals surface area contributed by atoms with E-state index < -0.39 is 0 Å². The van der Waals surface area contributed by atoms with Gasteiger partial charge in [-0.2, -0.15) is 0 Å². The number of pyridine rings is 1. The van der Waals surface area contributed by atoms with Gasteiger partial charge in [-0.1, -0.05) is 53.6 Å². The number of halogens is 1. The van der Waals surface area contributed by atoms with Crippen molar-refractivity contribution in [3.63, 3.8) is 0 Å². The molecule has 0 aliphatic heterocycles. The molecule has 4 rings (SSSR count). The second-order valence-corrected chi connectivity index (χ2v) is 6.04. The van der Waals surface area contributed by atoms with Crippen LogP contribution in [0.5, 0.6) is 0 Å². The van der Waals surface area contributed by atoms with Crippen LogP contribution in [0, 0.1) is 19.7 Å². The Hall–Kier alpha value is -2.74. The van der Waals surface area contributed by atoms with Crippen molar-refractivity contribution in [2.75, 3.05) is 0 Å². The minimum atomic E-state index is -0.279. The molecule has 1 aromatic heterocycles. The summed E-state index contributed by atoms with van der Waals surface area (Å²) in [6.07, 6.45) is 1.32. The highest BCUT2D eigenvalue weighted by Gasteiger charge is 2.13. The van der Waals surface area contributed by atoms with Crippen molar-refractivity contribution in [2.45, 2.75) is 13.8 Å². The largest absolute Gasteiger partial charge is 0.253 e. The van der Waals surface area contributed by atoms with Crippen molar-refractivity contribution in [3.8, 4) is 11.3 Å². The van der Waals surface area contributed by atoms with E-state index in [1.54, 1.807) is 0 Å². The van der Waals surface area contributed by atoms with Crippen molar-refractivity contribution in [3.05, 3.63) is 77.7 Å². The Labute approximate surface area is 134 Å². The van der Waals surface area contributed by atoms with Crippen molar-refractivity contribution < 1.29 is 4.39 Å². The first-order valence-electron chi connectivity index (χ1n) is 7.68. The molecule has 0 radical (unpaired) electrons. The van der Waals surface area contributed by atoms with Crippen LogP contribution >= 0.6 is 0 Å². The van der Waals surface area contributed by atoms with E-state index in [1.807, 2.05) is 36.4 Å². The van der Waals surface area contributed by atoms with Crippen LogP contribution in [0.3, 0.4) is 0 Å². The minimum Gasteiger partial charge on any atom is -0.253 e. The number of aryl methyl sites for hydroxylation is 2. The topological polar surface area (TPSA) is 12.9 Å². The standard InChI is InChI=1S/C21H16FN/c1-13-9-14(2)11-16(10-13)21-20-17-6-4-3-5-15(17)7-8-18(20)19(22)12-23-21/h3-12H,1-2H3. The molecule has 23 heavy (non-hydrogen) atoms. The third-order valence-electron chi connectivity index (χ3n) is 4.23. The number of aromatic nitrogens is 1. The third kappa shape index (κ3) is 2.27. The van der Waals surface area contributed by atoms with Gasteiger partial charge in [-0.3, -0.25) is 4.98 Å². The van der Waals surface area contributed by atoms with E-state index in [9.17, 15) is 4.39 Å². The van der Waals surface area contributed by atoms with Gasteiger partial charge in [0.05, 0.1) is 11.9 Å². The molecule has 1 nitrogen and oxygen atoms in total. The van der Waals surface area contributed by atoms with Crippen LogP contribution in [-0.2, 0) is 0 Å². The number of fused-ring (bicyclic) bond motifs is 3. The molecule has 112 valence electrons. The molecule has 2 heteroatoms. The van der Waals surface area contributed by atoms with E-state index in [2.05, 4.69) is 37.0 Å². The SMILES string of the molecule is Cc1cc(C)cc(-c2ncc(F)c3ccc4ccccc4c23)c1. The van der Waals surface area contributed by atoms with Gasteiger partial charge in [-0.15, -0.1) is 0 Å². The Morgan fingerprint density at radius 3 is 2.35 bits per heavy atom. The van der Waals surface area contributed by atoms with Crippen molar-refractivity contribution in [1.82, 2.24) is 4.98 Å². The molecule has 0 atom stereocenters. The van der Waals surface area contributed by atoms with Crippen molar-refractivity contribution in [1.29, 1.82) is 0 Å². The maximum Gasteiger partial charge on any atom is 0.149 e. The molecule has 3 aromatic carbocycles. The van der Waals surface area contributed by atoms with Gasteiger partial charge in [0.1, 0.15) is 5.82 Å². The normalized spacial score (nSPS) is 11.3.